The van der Waals surface area contributed by atoms with Crippen molar-refractivity contribution in [3.63, 3.8) is 0 Å². The first-order chi connectivity index (χ1) is 18.8. The Morgan fingerprint density at radius 1 is 1.13 bits per heavy atom. The Morgan fingerprint density at radius 2 is 1.87 bits per heavy atom. The minimum absolute atomic E-state index is 0.0119. The van der Waals surface area contributed by atoms with E-state index in [-0.39, 0.29) is 5.91 Å². The Bertz CT molecular complexity index is 1470. The van der Waals surface area contributed by atoms with Gasteiger partial charge in [-0.25, -0.2) is 8.42 Å². The molecule has 2 aromatic carbocycles. The van der Waals surface area contributed by atoms with Crippen LogP contribution in [-0.2, 0) is 21.3 Å². The zero-order valence-corrected chi connectivity index (χ0v) is 22.7. The summed E-state index contributed by atoms with van der Waals surface area (Å²) < 4.78 is 30.9. The van der Waals surface area contributed by atoms with Gasteiger partial charge in [0.25, 0.3) is 5.91 Å². The highest BCUT2D eigenvalue weighted by atomic mass is 32.2. The fraction of sp³-hybridized carbons (Fsp3) is 0.296. The number of nitrogens with zero attached hydrogens (tertiary/aromatic N) is 4. The topological polar surface area (TPSA) is 128 Å². The van der Waals surface area contributed by atoms with Gasteiger partial charge in [-0.3, -0.25) is 14.1 Å². The second-order valence-electron chi connectivity index (χ2n) is 9.26. The van der Waals surface area contributed by atoms with Crippen LogP contribution in [0.1, 0.15) is 15.9 Å². The molecule has 0 aliphatic carbocycles. The second-order valence-corrected chi connectivity index (χ2v) is 11.3. The smallest absolute Gasteiger partial charge is 0.254 e. The lowest BCUT2D eigenvalue weighted by Crippen LogP contribution is -2.42. The fourth-order valence-corrected chi connectivity index (χ4v) is 4.93. The number of anilines is 2. The molecule has 0 aromatic heterocycles. The lowest BCUT2D eigenvalue weighted by molar-refractivity contribution is 0.0303. The van der Waals surface area contributed by atoms with Gasteiger partial charge in [-0.05, 0) is 42.0 Å². The van der Waals surface area contributed by atoms with Crippen LogP contribution in [0.25, 0.3) is 0 Å². The van der Waals surface area contributed by atoms with Crippen LogP contribution in [0.15, 0.2) is 82.1 Å². The van der Waals surface area contributed by atoms with E-state index < -0.39 is 10.0 Å². The molecule has 0 radical (unpaired) electrons. The Balaban J connectivity index is 1.33. The van der Waals surface area contributed by atoms with Crippen LogP contribution >= 0.6 is 0 Å². The van der Waals surface area contributed by atoms with E-state index in [1.807, 2.05) is 42.5 Å². The van der Waals surface area contributed by atoms with Crippen molar-refractivity contribution in [1.29, 1.82) is 0 Å². The van der Waals surface area contributed by atoms with Crippen molar-refractivity contribution in [2.75, 3.05) is 55.8 Å². The number of rotatable bonds is 7. The van der Waals surface area contributed by atoms with Crippen LogP contribution in [0.5, 0.6) is 0 Å². The third kappa shape index (κ3) is 6.13. The highest BCUT2D eigenvalue weighted by Gasteiger charge is 2.23. The standard InChI is InChI=1S/C27H31N7O4S/c1-33(39(2,36)37)23-8-4-3-6-20(23)18-29-25-22-7-5-13-28-24(22)31-27(32-25)30-21-11-9-19(10-12-21)26(35)34-14-16-38-17-15-34/h3-12H,13-18H2,1-2H3,(H3,28,29,30,31,32). The molecule has 12 heteroatoms. The molecular weight excluding hydrogens is 518 g/mol. The predicted molar refractivity (Wildman–Crippen MR) is 152 cm³/mol. The molecular formula is C27H31N7O4S. The number of nitrogens with one attached hydrogen (secondary N) is 3. The number of aliphatic imine (C=N–C) groups is 2. The number of amidine groups is 1. The molecule has 3 heterocycles. The van der Waals surface area contributed by atoms with Gasteiger partial charge in [0, 0.05) is 37.9 Å². The van der Waals surface area contributed by atoms with Crippen LogP contribution in [0.2, 0.25) is 0 Å². The molecule has 204 valence electrons. The number of amides is 1. The number of morpholine rings is 1. The molecule has 1 amide bonds. The van der Waals surface area contributed by atoms with Crippen molar-refractivity contribution >= 4 is 39.1 Å². The number of hydrogen-bond acceptors (Lipinski definition) is 9. The van der Waals surface area contributed by atoms with E-state index in [0.29, 0.717) is 68.3 Å². The zero-order chi connectivity index (χ0) is 27.4. The number of sulfonamides is 1. The van der Waals surface area contributed by atoms with Gasteiger partial charge in [-0.1, -0.05) is 24.3 Å². The first-order valence-corrected chi connectivity index (χ1v) is 14.5. The maximum Gasteiger partial charge on any atom is 0.254 e. The van der Waals surface area contributed by atoms with Gasteiger partial charge < -0.3 is 25.6 Å². The van der Waals surface area contributed by atoms with Crippen LogP contribution in [0.3, 0.4) is 0 Å². The molecule has 5 rings (SSSR count). The normalized spacial score (nSPS) is 17.0. The number of carbonyl (C=O) groups is 1. The molecule has 3 aliphatic heterocycles. The lowest BCUT2D eigenvalue weighted by Gasteiger charge is -2.27. The third-order valence-corrected chi connectivity index (χ3v) is 7.77. The summed E-state index contributed by atoms with van der Waals surface area (Å²) in [5, 5.41) is 9.86. The van der Waals surface area contributed by atoms with Gasteiger partial charge in [-0.2, -0.15) is 4.99 Å². The highest BCUT2D eigenvalue weighted by molar-refractivity contribution is 7.92. The fourth-order valence-electron chi connectivity index (χ4n) is 4.39. The summed E-state index contributed by atoms with van der Waals surface area (Å²) in [6, 6.07) is 14.6. The van der Waals surface area contributed by atoms with Crippen molar-refractivity contribution in [2.24, 2.45) is 9.98 Å². The number of fused-ring (bicyclic) bond motifs is 1. The SMILES string of the molecule is CN(c1ccccc1CNC1=C2C=CCN=C2NC(Nc2ccc(C(=O)N3CCOCC3)cc2)=N1)S(C)(=O)=O. The number of dihydropyridines is 1. The molecule has 1 fully saturated rings. The summed E-state index contributed by atoms with van der Waals surface area (Å²) >= 11 is 0. The largest absolute Gasteiger partial charge is 0.378 e. The average molecular weight is 550 g/mol. The molecule has 3 aliphatic rings. The molecule has 0 atom stereocenters. The van der Waals surface area contributed by atoms with E-state index in [1.165, 1.54) is 17.6 Å². The molecule has 0 bridgehead atoms. The number of para-hydroxylation sites is 1. The van der Waals surface area contributed by atoms with Crippen LogP contribution in [-0.4, -0.2) is 77.2 Å². The molecule has 11 nitrogen and oxygen atoms in total. The molecule has 3 N–H and O–H groups in total. The summed E-state index contributed by atoms with van der Waals surface area (Å²) in [4.78, 5) is 23.9. The number of benzene rings is 2. The monoisotopic (exact) mass is 549 g/mol. The summed E-state index contributed by atoms with van der Waals surface area (Å²) in [6.07, 6.45) is 5.09. The van der Waals surface area contributed by atoms with Gasteiger partial charge in [0.05, 0.1) is 37.3 Å². The summed E-state index contributed by atoms with van der Waals surface area (Å²) in [7, 11) is -1.88. The number of hydrogen-bond donors (Lipinski definition) is 3. The molecule has 0 unspecified atom stereocenters. The third-order valence-electron chi connectivity index (χ3n) is 6.58. The van der Waals surface area contributed by atoms with Crippen LogP contribution in [0, 0.1) is 0 Å². The molecule has 39 heavy (non-hydrogen) atoms. The van der Waals surface area contributed by atoms with Crippen molar-refractivity contribution in [1.82, 2.24) is 15.5 Å². The number of carbonyl (C=O) groups excluding carboxylic acids is 1. The quantitative estimate of drug-likeness (QED) is 0.481. The van der Waals surface area contributed by atoms with E-state index in [4.69, 9.17) is 9.73 Å². The minimum atomic E-state index is -3.41. The summed E-state index contributed by atoms with van der Waals surface area (Å²) in [5.74, 6) is 1.74. The van der Waals surface area contributed by atoms with Gasteiger partial charge in [-0.15, -0.1) is 0 Å². The van der Waals surface area contributed by atoms with Gasteiger partial charge >= 0.3 is 0 Å². The number of guanidine groups is 1. The van der Waals surface area contributed by atoms with Crippen molar-refractivity contribution in [3.8, 4) is 0 Å². The van der Waals surface area contributed by atoms with E-state index in [0.717, 1.165) is 16.8 Å². The number of ether oxygens (including phenoxy) is 1. The second kappa shape index (κ2) is 11.3. The van der Waals surface area contributed by atoms with Gasteiger partial charge in [0.1, 0.15) is 11.7 Å². The molecule has 1 saturated heterocycles. The van der Waals surface area contributed by atoms with Gasteiger partial charge in [0.2, 0.25) is 16.0 Å². The average Bonchev–Trinajstić information content (AvgIpc) is 2.95. The highest BCUT2D eigenvalue weighted by Crippen LogP contribution is 2.23. The Kier molecular flexibility index (Phi) is 7.66. The van der Waals surface area contributed by atoms with E-state index in [1.54, 1.807) is 23.1 Å². The first kappa shape index (κ1) is 26.4. The molecule has 0 saturated carbocycles. The maximum absolute atomic E-state index is 12.8. The van der Waals surface area contributed by atoms with Crippen molar-refractivity contribution in [2.45, 2.75) is 6.54 Å². The lowest BCUT2D eigenvalue weighted by atomic mass is 10.1. The van der Waals surface area contributed by atoms with Gasteiger partial charge in [0.15, 0.2) is 0 Å². The van der Waals surface area contributed by atoms with Crippen molar-refractivity contribution < 1.29 is 17.9 Å². The first-order valence-electron chi connectivity index (χ1n) is 12.6. The van der Waals surface area contributed by atoms with E-state index in [2.05, 4.69) is 20.9 Å². The van der Waals surface area contributed by atoms with Crippen molar-refractivity contribution in [3.05, 3.63) is 83.2 Å². The van der Waals surface area contributed by atoms with E-state index in [9.17, 15) is 13.2 Å². The van der Waals surface area contributed by atoms with E-state index >= 15 is 0 Å². The molecule has 2 aromatic rings. The predicted octanol–water partition coefficient (Wildman–Crippen LogP) is 1.90. The van der Waals surface area contributed by atoms with Crippen LogP contribution < -0.4 is 20.3 Å². The van der Waals surface area contributed by atoms with Crippen LogP contribution in [0.4, 0.5) is 11.4 Å². The Morgan fingerprint density at radius 3 is 2.62 bits per heavy atom. The Hall–Kier alpha value is -4.16. The minimum Gasteiger partial charge on any atom is -0.378 e. The maximum atomic E-state index is 12.8. The zero-order valence-electron chi connectivity index (χ0n) is 21.8. The molecule has 0 spiro atoms. The summed E-state index contributed by atoms with van der Waals surface area (Å²) in [5.41, 5.74) is 3.58. The summed E-state index contributed by atoms with van der Waals surface area (Å²) in [6.45, 7) is 3.20. The Labute approximate surface area is 228 Å².